The summed E-state index contributed by atoms with van der Waals surface area (Å²) in [4.78, 5) is 0. The van der Waals surface area contributed by atoms with E-state index in [1.165, 1.54) is 24.8 Å². The first-order chi connectivity index (χ1) is 8.75. The van der Waals surface area contributed by atoms with Gasteiger partial charge in [-0.1, -0.05) is 35.2 Å². The van der Waals surface area contributed by atoms with E-state index in [-0.39, 0.29) is 5.41 Å². The van der Waals surface area contributed by atoms with Crippen LogP contribution < -0.4 is 15.2 Å². The van der Waals surface area contributed by atoms with Gasteiger partial charge in [-0.25, -0.2) is 0 Å². The number of halogens is 1. The molecule has 4 heteroatoms. The minimum Gasteiger partial charge on any atom is -0.454 e. The van der Waals surface area contributed by atoms with E-state index < -0.39 is 0 Å². The molecule has 0 atom stereocenters. The summed E-state index contributed by atoms with van der Waals surface area (Å²) in [5.41, 5.74) is 7.40. The number of rotatable bonds is 2. The lowest BCUT2D eigenvalue weighted by Gasteiger charge is -2.37. The van der Waals surface area contributed by atoms with E-state index >= 15 is 0 Å². The average Bonchev–Trinajstić information content (AvgIpc) is 2.86. The Kier molecular flexibility index (Phi) is 3.24. The number of hydrogen-bond acceptors (Lipinski definition) is 3. The van der Waals surface area contributed by atoms with Gasteiger partial charge in [0.1, 0.15) is 0 Å². The second-order valence-electron chi connectivity index (χ2n) is 5.23. The van der Waals surface area contributed by atoms with Crippen LogP contribution in [0.15, 0.2) is 16.6 Å². The van der Waals surface area contributed by atoms with Crippen molar-refractivity contribution in [3.63, 3.8) is 0 Å². The molecule has 0 saturated heterocycles. The average molecular weight is 312 g/mol. The fraction of sp³-hybridized carbons (Fsp3) is 0.571. The van der Waals surface area contributed by atoms with Crippen molar-refractivity contribution in [2.24, 2.45) is 5.73 Å². The molecule has 1 aromatic carbocycles. The molecular weight excluding hydrogens is 294 g/mol. The van der Waals surface area contributed by atoms with Crippen molar-refractivity contribution in [3.8, 4) is 11.5 Å². The summed E-state index contributed by atoms with van der Waals surface area (Å²) in [5.74, 6) is 1.75. The van der Waals surface area contributed by atoms with Crippen molar-refractivity contribution >= 4 is 15.9 Å². The zero-order valence-corrected chi connectivity index (χ0v) is 12.0. The van der Waals surface area contributed by atoms with Gasteiger partial charge in [0.25, 0.3) is 0 Å². The third-order valence-corrected chi connectivity index (χ3v) is 4.67. The predicted octanol–water partition coefficient (Wildman–Crippen LogP) is 3.34. The number of benzene rings is 1. The van der Waals surface area contributed by atoms with Crippen LogP contribution in [-0.2, 0) is 5.41 Å². The maximum Gasteiger partial charge on any atom is 0.231 e. The van der Waals surface area contributed by atoms with Gasteiger partial charge in [0.05, 0.1) is 0 Å². The normalized spacial score (nSPS) is 21.0. The van der Waals surface area contributed by atoms with Crippen LogP contribution in [0.5, 0.6) is 11.5 Å². The van der Waals surface area contributed by atoms with Gasteiger partial charge in [-0.15, -0.1) is 0 Å². The number of fused-ring (bicyclic) bond motifs is 1. The molecule has 0 radical (unpaired) electrons. The third kappa shape index (κ3) is 1.91. The predicted molar refractivity (Wildman–Crippen MR) is 74.1 cm³/mol. The van der Waals surface area contributed by atoms with Crippen LogP contribution in [-0.4, -0.2) is 13.3 Å². The molecule has 1 aliphatic heterocycles. The summed E-state index contributed by atoms with van der Waals surface area (Å²) >= 11 is 3.56. The van der Waals surface area contributed by atoms with Gasteiger partial charge in [0.2, 0.25) is 6.79 Å². The number of ether oxygens (including phenoxy) is 2. The quantitative estimate of drug-likeness (QED) is 0.911. The number of hydrogen-bond donors (Lipinski definition) is 1. The molecule has 2 N–H and O–H groups in total. The SMILES string of the molecule is NCC1(c2cc(Br)cc3c2OCO3)CCCCC1. The topological polar surface area (TPSA) is 44.5 Å². The highest BCUT2D eigenvalue weighted by molar-refractivity contribution is 9.10. The summed E-state index contributed by atoms with van der Waals surface area (Å²) in [5, 5.41) is 0. The van der Waals surface area contributed by atoms with Crippen molar-refractivity contribution in [3.05, 3.63) is 22.2 Å². The van der Waals surface area contributed by atoms with Crippen LogP contribution in [0.3, 0.4) is 0 Å². The highest BCUT2D eigenvalue weighted by atomic mass is 79.9. The zero-order chi connectivity index (χ0) is 12.6. The molecule has 1 aliphatic carbocycles. The standard InChI is InChI=1S/C14H18BrNO2/c15-10-6-11(13-12(7-10)17-9-18-13)14(8-16)4-2-1-3-5-14/h6-7H,1-5,8-9,16H2. The molecule has 3 rings (SSSR count). The van der Waals surface area contributed by atoms with Crippen LogP contribution in [0.25, 0.3) is 0 Å². The molecule has 1 aromatic rings. The summed E-state index contributed by atoms with van der Waals surface area (Å²) < 4.78 is 12.2. The molecule has 1 heterocycles. The Bertz CT molecular complexity index is 455. The van der Waals surface area contributed by atoms with Gasteiger partial charge in [0.15, 0.2) is 11.5 Å². The van der Waals surface area contributed by atoms with E-state index in [2.05, 4.69) is 22.0 Å². The summed E-state index contributed by atoms with van der Waals surface area (Å²) in [7, 11) is 0. The molecule has 0 aromatic heterocycles. The van der Waals surface area contributed by atoms with E-state index in [1.807, 2.05) is 6.07 Å². The zero-order valence-electron chi connectivity index (χ0n) is 10.4. The van der Waals surface area contributed by atoms with E-state index in [4.69, 9.17) is 15.2 Å². The minimum atomic E-state index is 0.0693. The van der Waals surface area contributed by atoms with Crippen LogP contribution in [0, 0.1) is 0 Å². The van der Waals surface area contributed by atoms with E-state index in [0.29, 0.717) is 13.3 Å². The van der Waals surface area contributed by atoms with E-state index in [0.717, 1.165) is 28.8 Å². The van der Waals surface area contributed by atoms with Gasteiger partial charge < -0.3 is 15.2 Å². The van der Waals surface area contributed by atoms with Crippen molar-refractivity contribution in [1.29, 1.82) is 0 Å². The maximum absolute atomic E-state index is 6.10. The third-order valence-electron chi connectivity index (χ3n) is 4.21. The molecule has 0 spiro atoms. The fourth-order valence-electron chi connectivity index (χ4n) is 3.18. The Labute approximate surface area is 116 Å². The van der Waals surface area contributed by atoms with E-state index in [9.17, 15) is 0 Å². The van der Waals surface area contributed by atoms with Gasteiger partial charge in [-0.05, 0) is 25.0 Å². The Morgan fingerprint density at radius 3 is 2.67 bits per heavy atom. The molecule has 98 valence electrons. The van der Waals surface area contributed by atoms with Crippen LogP contribution >= 0.6 is 15.9 Å². The maximum atomic E-state index is 6.10. The van der Waals surface area contributed by atoms with Gasteiger partial charge >= 0.3 is 0 Å². The fourth-order valence-corrected chi connectivity index (χ4v) is 3.62. The Balaban J connectivity index is 2.09. The highest BCUT2D eigenvalue weighted by Gasteiger charge is 2.37. The highest BCUT2D eigenvalue weighted by Crippen LogP contribution is 2.48. The monoisotopic (exact) mass is 311 g/mol. The summed E-state index contributed by atoms with van der Waals surface area (Å²) in [6.07, 6.45) is 6.11. The first-order valence-electron chi connectivity index (χ1n) is 6.55. The Morgan fingerprint density at radius 1 is 1.17 bits per heavy atom. The second kappa shape index (κ2) is 4.74. The number of nitrogens with two attached hydrogens (primary N) is 1. The van der Waals surface area contributed by atoms with Crippen molar-refractivity contribution in [1.82, 2.24) is 0 Å². The smallest absolute Gasteiger partial charge is 0.231 e. The molecular formula is C14H18BrNO2. The van der Waals surface area contributed by atoms with Crippen molar-refractivity contribution in [2.45, 2.75) is 37.5 Å². The van der Waals surface area contributed by atoms with Crippen molar-refractivity contribution in [2.75, 3.05) is 13.3 Å². The Morgan fingerprint density at radius 2 is 1.94 bits per heavy atom. The molecule has 3 nitrogen and oxygen atoms in total. The molecule has 0 unspecified atom stereocenters. The van der Waals surface area contributed by atoms with Crippen LogP contribution in [0.2, 0.25) is 0 Å². The van der Waals surface area contributed by atoms with E-state index in [1.54, 1.807) is 0 Å². The summed E-state index contributed by atoms with van der Waals surface area (Å²) in [6, 6.07) is 4.13. The van der Waals surface area contributed by atoms with Crippen LogP contribution in [0.4, 0.5) is 0 Å². The summed E-state index contributed by atoms with van der Waals surface area (Å²) in [6.45, 7) is 0.999. The Hall–Kier alpha value is -0.740. The minimum absolute atomic E-state index is 0.0693. The molecule has 0 amide bonds. The lowest BCUT2D eigenvalue weighted by atomic mass is 9.69. The van der Waals surface area contributed by atoms with Gasteiger partial charge in [0, 0.05) is 22.0 Å². The molecule has 18 heavy (non-hydrogen) atoms. The molecule has 0 bridgehead atoms. The van der Waals surface area contributed by atoms with Gasteiger partial charge in [-0.2, -0.15) is 0 Å². The first kappa shape index (κ1) is 12.3. The van der Waals surface area contributed by atoms with Crippen LogP contribution in [0.1, 0.15) is 37.7 Å². The largest absolute Gasteiger partial charge is 0.454 e. The second-order valence-corrected chi connectivity index (χ2v) is 6.15. The molecule has 1 saturated carbocycles. The lowest BCUT2D eigenvalue weighted by molar-refractivity contribution is 0.170. The first-order valence-corrected chi connectivity index (χ1v) is 7.34. The van der Waals surface area contributed by atoms with Crippen molar-refractivity contribution < 1.29 is 9.47 Å². The molecule has 2 aliphatic rings. The molecule has 1 fully saturated rings. The van der Waals surface area contributed by atoms with Gasteiger partial charge in [-0.3, -0.25) is 0 Å². The lowest BCUT2D eigenvalue weighted by Crippen LogP contribution is -2.37.